The number of nitrogens with zero attached hydrogens (tertiary/aromatic N) is 1. The number of nitrogens with one attached hydrogen (secondary N) is 1. The molecule has 0 heterocycles. The highest BCUT2D eigenvalue weighted by molar-refractivity contribution is 5.30. The zero-order chi connectivity index (χ0) is 15.3. The van der Waals surface area contributed by atoms with E-state index in [9.17, 15) is 8.78 Å². The molecule has 1 rings (SSSR count). The van der Waals surface area contributed by atoms with Crippen molar-refractivity contribution in [3.8, 4) is 5.75 Å². The molecule has 0 fully saturated rings. The number of likely N-dealkylation sites (N-methyl/N-ethyl adjacent to an activating group) is 1. The fraction of sp³-hybridized carbons (Fsp3) is 0.600. The third kappa shape index (κ3) is 5.06. The lowest BCUT2D eigenvalue weighted by Gasteiger charge is -2.34. The average Bonchev–Trinajstić information content (AvgIpc) is 2.35. The van der Waals surface area contributed by atoms with Crippen molar-refractivity contribution >= 4 is 0 Å². The van der Waals surface area contributed by atoms with Gasteiger partial charge in [0.2, 0.25) is 0 Å². The van der Waals surface area contributed by atoms with Gasteiger partial charge in [-0.3, -0.25) is 0 Å². The van der Waals surface area contributed by atoms with Gasteiger partial charge < -0.3 is 15.0 Å². The van der Waals surface area contributed by atoms with Crippen molar-refractivity contribution in [1.29, 1.82) is 0 Å². The van der Waals surface area contributed by atoms with Crippen LogP contribution in [0.4, 0.5) is 8.78 Å². The van der Waals surface area contributed by atoms with Crippen LogP contribution in [-0.2, 0) is 0 Å². The van der Waals surface area contributed by atoms with Crippen molar-refractivity contribution in [2.24, 2.45) is 0 Å². The standard InChI is InChI=1S/C15H24F2N2O/c1-11(18-10-15(2,3)19(4)5)12-7-6-8-13(9-12)20-14(16)17/h6-9,11,14,18H,10H2,1-5H3. The fourth-order valence-electron chi connectivity index (χ4n) is 1.64. The molecular weight excluding hydrogens is 262 g/mol. The summed E-state index contributed by atoms with van der Waals surface area (Å²) >= 11 is 0. The van der Waals surface area contributed by atoms with Crippen LogP contribution in [0.3, 0.4) is 0 Å². The lowest BCUT2D eigenvalue weighted by Crippen LogP contribution is -2.47. The summed E-state index contributed by atoms with van der Waals surface area (Å²) in [6.45, 7) is 4.29. The first-order valence-corrected chi connectivity index (χ1v) is 6.68. The molecule has 0 saturated heterocycles. The Morgan fingerprint density at radius 3 is 2.50 bits per heavy atom. The highest BCUT2D eigenvalue weighted by atomic mass is 19.3. The van der Waals surface area contributed by atoms with E-state index in [1.165, 1.54) is 6.07 Å². The van der Waals surface area contributed by atoms with Gasteiger partial charge in [0.05, 0.1) is 0 Å². The van der Waals surface area contributed by atoms with E-state index in [0.29, 0.717) is 0 Å². The molecule has 114 valence electrons. The number of halogens is 2. The van der Waals surface area contributed by atoms with Crippen molar-refractivity contribution < 1.29 is 13.5 Å². The Balaban J connectivity index is 2.66. The first-order valence-electron chi connectivity index (χ1n) is 6.68. The van der Waals surface area contributed by atoms with Crippen LogP contribution in [0.1, 0.15) is 32.4 Å². The third-order valence-corrected chi connectivity index (χ3v) is 3.63. The molecule has 0 aromatic heterocycles. The van der Waals surface area contributed by atoms with Crippen LogP contribution in [0.15, 0.2) is 24.3 Å². The normalized spacial score (nSPS) is 13.8. The van der Waals surface area contributed by atoms with Crippen LogP contribution in [-0.4, -0.2) is 37.7 Å². The van der Waals surface area contributed by atoms with E-state index in [-0.39, 0.29) is 17.3 Å². The quantitative estimate of drug-likeness (QED) is 0.832. The second-order valence-electron chi connectivity index (χ2n) is 5.76. The summed E-state index contributed by atoms with van der Waals surface area (Å²) < 4.78 is 28.8. The van der Waals surface area contributed by atoms with E-state index in [0.717, 1.165) is 12.1 Å². The molecule has 0 bridgehead atoms. The van der Waals surface area contributed by atoms with Gasteiger partial charge in [-0.25, -0.2) is 0 Å². The fourth-order valence-corrected chi connectivity index (χ4v) is 1.64. The van der Waals surface area contributed by atoms with Gasteiger partial charge in [-0.15, -0.1) is 0 Å². The number of alkyl halides is 2. The Morgan fingerprint density at radius 2 is 1.95 bits per heavy atom. The molecule has 1 aromatic rings. The van der Waals surface area contributed by atoms with Gasteiger partial charge in [-0.1, -0.05) is 12.1 Å². The van der Waals surface area contributed by atoms with Crippen LogP contribution >= 0.6 is 0 Å². The van der Waals surface area contributed by atoms with Gasteiger partial charge in [-0.2, -0.15) is 8.78 Å². The minimum absolute atomic E-state index is 0.0192. The van der Waals surface area contributed by atoms with Gasteiger partial charge in [-0.05, 0) is 52.6 Å². The van der Waals surface area contributed by atoms with Gasteiger partial charge >= 0.3 is 6.61 Å². The Kier molecular flexibility index (Phi) is 5.89. The van der Waals surface area contributed by atoms with Crippen molar-refractivity contribution in [3.05, 3.63) is 29.8 Å². The molecule has 0 amide bonds. The van der Waals surface area contributed by atoms with Crippen LogP contribution in [0.2, 0.25) is 0 Å². The second kappa shape index (κ2) is 6.99. The van der Waals surface area contributed by atoms with E-state index in [1.807, 2.05) is 27.1 Å². The molecular formula is C15H24F2N2O. The smallest absolute Gasteiger partial charge is 0.387 e. The maximum Gasteiger partial charge on any atom is 0.387 e. The number of ether oxygens (including phenoxy) is 1. The maximum atomic E-state index is 12.2. The molecule has 0 radical (unpaired) electrons. The van der Waals surface area contributed by atoms with Crippen molar-refractivity contribution in [1.82, 2.24) is 10.2 Å². The van der Waals surface area contributed by atoms with Gasteiger partial charge in [0.1, 0.15) is 5.75 Å². The molecule has 1 N–H and O–H groups in total. The van der Waals surface area contributed by atoms with E-state index < -0.39 is 6.61 Å². The predicted octanol–water partition coefficient (Wildman–Crippen LogP) is 3.28. The van der Waals surface area contributed by atoms with Crippen molar-refractivity contribution in [3.63, 3.8) is 0 Å². The summed E-state index contributed by atoms with van der Waals surface area (Å²) in [5, 5.41) is 3.42. The summed E-state index contributed by atoms with van der Waals surface area (Å²) in [6, 6.07) is 6.87. The van der Waals surface area contributed by atoms with Crippen LogP contribution in [0, 0.1) is 0 Å². The number of hydrogen-bond acceptors (Lipinski definition) is 3. The topological polar surface area (TPSA) is 24.5 Å². The Bertz CT molecular complexity index is 422. The Labute approximate surface area is 119 Å². The highest BCUT2D eigenvalue weighted by Crippen LogP contribution is 2.21. The largest absolute Gasteiger partial charge is 0.435 e. The lowest BCUT2D eigenvalue weighted by molar-refractivity contribution is -0.0499. The Hall–Kier alpha value is -1.20. The van der Waals surface area contributed by atoms with E-state index in [2.05, 4.69) is 28.8 Å². The first-order chi connectivity index (χ1) is 9.22. The molecule has 0 aliphatic heterocycles. The average molecular weight is 286 g/mol. The van der Waals surface area contributed by atoms with Crippen LogP contribution < -0.4 is 10.1 Å². The number of rotatable bonds is 7. The van der Waals surface area contributed by atoms with Crippen molar-refractivity contribution in [2.45, 2.75) is 39.0 Å². The third-order valence-electron chi connectivity index (χ3n) is 3.63. The molecule has 3 nitrogen and oxygen atoms in total. The molecule has 0 aliphatic carbocycles. The predicted molar refractivity (Wildman–Crippen MR) is 77.3 cm³/mol. The molecule has 0 spiro atoms. The number of benzene rings is 1. The molecule has 1 atom stereocenters. The highest BCUT2D eigenvalue weighted by Gasteiger charge is 2.21. The molecule has 1 aromatic carbocycles. The molecule has 0 aliphatic rings. The van der Waals surface area contributed by atoms with E-state index in [1.54, 1.807) is 12.1 Å². The zero-order valence-electron chi connectivity index (χ0n) is 12.8. The number of hydrogen-bond donors (Lipinski definition) is 1. The minimum atomic E-state index is -2.79. The van der Waals surface area contributed by atoms with Gasteiger partial charge in [0.15, 0.2) is 0 Å². The van der Waals surface area contributed by atoms with E-state index in [4.69, 9.17) is 0 Å². The van der Waals surface area contributed by atoms with Gasteiger partial charge in [0.25, 0.3) is 0 Å². The first kappa shape index (κ1) is 16.9. The lowest BCUT2D eigenvalue weighted by atomic mass is 10.0. The summed E-state index contributed by atoms with van der Waals surface area (Å²) in [5.41, 5.74) is 0.948. The zero-order valence-corrected chi connectivity index (χ0v) is 12.8. The van der Waals surface area contributed by atoms with Crippen molar-refractivity contribution in [2.75, 3.05) is 20.6 Å². The van der Waals surface area contributed by atoms with Gasteiger partial charge in [0, 0.05) is 18.1 Å². The molecule has 1 unspecified atom stereocenters. The monoisotopic (exact) mass is 286 g/mol. The van der Waals surface area contributed by atoms with E-state index >= 15 is 0 Å². The Morgan fingerprint density at radius 1 is 1.30 bits per heavy atom. The maximum absolute atomic E-state index is 12.2. The SMILES string of the molecule is CC(NCC(C)(C)N(C)C)c1cccc(OC(F)F)c1. The second-order valence-corrected chi connectivity index (χ2v) is 5.76. The summed E-state index contributed by atoms with van der Waals surface area (Å²) in [7, 11) is 4.06. The molecule has 0 saturated carbocycles. The van der Waals surface area contributed by atoms with Crippen LogP contribution in [0.5, 0.6) is 5.75 Å². The summed E-state index contributed by atoms with van der Waals surface area (Å²) in [4.78, 5) is 2.14. The molecule has 20 heavy (non-hydrogen) atoms. The summed E-state index contributed by atoms with van der Waals surface area (Å²) in [5.74, 6) is 0.193. The summed E-state index contributed by atoms with van der Waals surface area (Å²) in [6.07, 6.45) is 0. The molecule has 5 heteroatoms. The minimum Gasteiger partial charge on any atom is -0.435 e. The van der Waals surface area contributed by atoms with Crippen LogP contribution in [0.25, 0.3) is 0 Å².